The van der Waals surface area contributed by atoms with Crippen molar-refractivity contribution in [1.29, 1.82) is 0 Å². The average Bonchev–Trinajstić information content (AvgIpc) is 3.07. The molecule has 0 atom stereocenters. The highest BCUT2D eigenvalue weighted by atomic mass is 16.2. The lowest BCUT2D eigenvalue weighted by Gasteiger charge is -2.36. The van der Waals surface area contributed by atoms with E-state index in [2.05, 4.69) is 25.8 Å². The molecule has 120 valence electrons. The lowest BCUT2D eigenvalue weighted by molar-refractivity contribution is -0.126. The Balaban J connectivity index is 1.34. The molecule has 0 bridgehead atoms. The van der Waals surface area contributed by atoms with Gasteiger partial charge in [-0.05, 0) is 32.6 Å². The minimum absolute atomic E-state index is 0.0652. The van der Waals surface area contributed by atoms with Crippen molar-refractivity contribution in [3.8, 4) is 0 Å². The van der Waals surface area contributed by atoms with Gasteiger partial charge in [-0.3, -0.25) is 14.7 Å². The predicted octanol–water partition coefficient (Wildman–Crippen LogP) is 0.609. The Hall–Kier alpha value is -1.92. The quantitative estimate of drug-likeness (QED) is 0.742. The Morgan fingerprint density at radius 3 is 2.50 bits per heavy atom. The third-order valence-corrected chi connectivity index (χ3v) is 4.54. The van der Waals surface area contributed by atoms with Gasteiger partial charge in [-0.25, -0.2) is 4.98 Å². The van der Waals surface area contributed by atoms with Gasteiger partial charge in [0.1, 0.15) is 5.82 Å². The zero-order valence-corrected chi connectivity index (χ0v) is 12.9. The summed E-state index contributed by atoms with van der Waals surface area (Å²) >= 11 is 0. The van der Waals surface area contributed by atoms with Gasteiger partial charge in [0, 0.05) is 18.0 Å². The Kier molecular flexibility index (Phi) is 4.40. The standard InChI is InChI=1S/C15H23N5O2/c1-9-16-13(20-19-9)8-14(21)17-11-6-12(7-11)18-15(22)10-4-2-3-5-10/h10-12H,2-8H2,1H3,(H,17,21)(H,18,22)(H,16,19,20). The summed E-state index contributed by atoms with van der Waals surface area (Å²) in [5.74, 6) is 1.57. The summed E-state index contributed by atoms with van der Waals surface area (Å²) in [5.41, 5.74) is 0. The molecule has 2 aliphatic carbocycles. The molecule has 0 radical (unpaired) electrons. The number of H-pyrrole nitrogens is 1. The summed E-state index contributed by atoms with van der Waals surface area (Å²) < 4.78 is 0. The molecule has 1 aromatic rings. The van der Waals surface area contributed by atoms with Crippen LogP contribution >= 0.6 is 0 Å². The third-order valence-electron chi connectivity index (χ3n) is 4.54. The molecule has 1 aromatic heterocycles. The van der Waals surface area contributed by atoms with Gasteiger partial charge in [0.25, 0.3) is 0 Å². The molecule has 2 fully saturated rings. The van der Waals surface area contributed by atoms with Crippen LogP contribution in [-0.4, -0.2) is 39.1 Å². The summed E-state index contributed by atoms with van der Waals surface area (Å²) in [5, 5.41) is 12.7. The highest BCUT2D eigenvalue weighted by Gasteiger charge is 2.33. The zero-order valence-electron chi connectivity index (χ0n) is 12.9. The van der Waals surface area contributed by atoms with Crippen LogP contribution in [0, 0.1) is 12.8 Å². The smallest absolute Gasteiger partial charge is 0.227 e. The van der Waals surface area contributed by atoms with Crippen LogP contribution in [-0.2, 0) is 16.0 Å². The molecule has 2 amide bonds. The number of hydrogen-bond acceptors (Lipinski definition) is 4. The van der Waals surface area contributed by atoms with Crippen LogP contribution in [0.1, 0.15) is 50.2 Å². The van der Waals surface area contributed by atoms with E-state index in [0.29, 0.717) is 11.6 Å². The van der Waals surface area contributed by atoms with Crippen LogP contribution < -0.4 is 10.6 Å². The maximum Gasteiger partial charge on any atom is 0.227 e. The minimum Gasteiger partial charge on any atom is -0.353 e. The fourth-order valence-corrected chi connectivity index (χ4v) is 3.25. The fourth-order valence-electron chi connectivity index (χ4n) is 3.25. The molecule has 7 nitrogen and oxygen atoms in total. The molecule has 0 aliphatic heterocycles. The Labute approximate surface area is 129 Å². The monoisotopic (exact) mass is 305 g/mol. The van der Waals surface area contributed by atoms with Crippen LogP contribution in [0.3, 0.4) is 0 Å². The Morgan fingerprint density at radius 2 is 1.86 bits per heavy atom. The van der Waals surface area contributed by atoms with Crippen LogP contribution in [0.5, 0.6) is 0 Å². The van der Waals surface area contributed by atoms with Gasteiger partial charge in [0.15, 0.2) is 5.82 Å². The highest BCUT2D eigenvalue weighted by molar-refractivity contribution is 5.80. The summed E-state index contributed by atoms with van der Waals surface area (Å²) in [6.07, 6.45) is 6.21. The van der Waals surface area contributed by atoms with Crippen molar-refractivity contribution in [3.05, 3.63) is 11.6 Å². The molecule has 0 saturated heterocycles. The molecule has 22 heavy (non-hydrogen) atoms. The van der Waals surface area contributed by atoms with Crippen molar-refractivity contribution in [2.24, 2.45) is 5.92 Å². The van der Waals surface area contributed by atoms with Crippen molar-refractivity contribution in [2.75, 3.05) is 0 Å². The van der Waals surface area contributed by atoms with E-state index in [9.17, 15) is 9.59 Å². The van der Waals surface area contributed by atoms with E-state index in [4.69, 9.17) is 0 Å². The van der Waals surface area contributed by atoms with E-state index in [1.54, 1.807) is 6.92 Å². The second kappa shape index (κ2) is 6.46. The summed E-state index contributed by atoms with van der Waals surface area (Å²) in [4.78, 5) is 28.0. The van der Waals surface area contributed by atoms with E-state index in [1.165, 1.54) is 12.8 Å². The molecule has 3 rings (SSSR count). The molecule has 0 aromatic carbocycles. The van der Waals surface area contributed by atoms with Crippen molar-refractivity contribution < 1.29 is 9.59 Å². The first kappa shape index (κ1) is 15.0. The number of aromatic amines is 1. The number of carbonyl (C=O) groups is 2. The van der Waals surface area contributed by atoms with Crippen molar-refractivity contribution >= 4 is 11.8 Å². The molecular formula is C15H23N5O2. The van der Waals surface area contributed by atoms with Crippen molar-refractivity contribution in [1.82, 2.24) is 25.8 Å². The maximum atomic E-state index is 12.0. The van der Waals surface area contributed by atoms with Crippen LogP contribution in [0.2, 0.25) is 0 Å². The van der Waals surface area contributed by atoms with Crippen LogP contribution in [0.25, 0.3) is 0 Å². The third kappa shape index (κ3) is 3.64. The lowest BCUT2D eigenvalue weighted by atomic mass is 9.86. The van der Waals surface area contributed by atoms with Gasteiger partial charge < -0.3 is 10.6 Å². The molecular weight excluding hydrogens is 282 g/mol. The summed E-state index contributed by atoms with van der Waals surface area (Å²) in [7, 11) is 0. The number of carbonyl (C=O) groups excluding carboxylic acids is 2. The van der Waals surface area contributed by atoms with E-state index in [1.807, 2.05) is 0 Å². The normalized spacial score (nSPS) is 24.8. The highest BCUT2D eigenvalue weighted by Crippen LogP contribution is 2.26. The molecule has 0 spiro atoms. The van der Waals surface area contributed by atoms with Gasteiger partial charge in [0.2, 0.25) is 11.8 Å². The van der Waals surface area contributed by atoms with E-state index in [0.717, 1.165) is 25.7 Å². The molecule has 7 heteroatoms. The van der Waals surface area contributed by atoms with E-state index in [-0.39, 0.29) is 36.2 Å². The predicted molar refractivity (Wildman–Crippen MR) is 79.9 cm³/mol. The lowest BCUT2D eigenvalue weighted by Crippen LogP contribution is -2.54. The van der Waals surface area contributed by atoms with Gasteiger partial charge in [-0.2, -0.15) is 5.10 Å². The van der Waals surface area contributed by atoms with Crippen molar-refractivity contribution in [3.63, 3.8) is 0 Å². The second-order valence-electron chi connectivity index (χ2n) is 6.44. The topological polar surface area (TPSA) is 99.8 Å². The van der Waals surface area contributed by atoms with Gasteiger partial charge in [0.05, 0.1) is 6.42 Å². The van der Waals surface area contributed by atoms with Crippen LogP contribution in [0.4, 0.5) is 0 Å². The second-order valence-corrected chi connectivity index (χ2v) is 6.44. The van der Waals surface area contributed by atoms with Crippen molar-refractivity contribution in [2.45, 2.75) is 64.0 Å². The molecule has 1 heterocycles. The van der Waals surface area contributed by atoms with Gasteiger partial charge in [-0.15, -0.1) is 0 Å². The molecule has 0 unspecified atom stereocenters. The number of aryl methyl sites for hydroxylation is 1. The number of nitrogens with one attached hydrogen (secondary N) is 3. The van der Waals surface area contributed by atoms with Gasteiger partial charge >= 0.3 is 0 Å². The molecule has 2 aliphatic rings. The first-order valence-electron chi connectivity index (χ1n) is 8.08. The summed E-state index contributed by atoms with van der Waals surface area (Å²) in [6, 6.07) is 0.366. The number of aromatic nitrogens is 3. The number of amides is 2. The first-order chi connectivity index (χ1) is 10.6. The van der Waals surface area contributed by atoms with Gasteiger partial charge in [-0.1, -0.05) is 12.8 Å². The Morgan fingerprint density at radius 1 is 1.18 bits per heavy atom. The van der Waals surface area contributed by atoms with E-state index >= 15 is 0 Å². The SMILES string of the molecule is Cc1nc(CC(=O)NC2CC(NC(=O)C3CCCC3)C2)n[nH]1. The number of nitrogens with zero attached hydrogens (tertiary/aromatic N) is 2. The minimum atomic E-state index is -0.0652. The summed E-state index contributed by atoms with van der Waals surface area (Å²) in [6.45, 7) is 1.80. The molecule has 2 saturated carbocycles. The number of rotatable bonds is 5. The number of hydrogen-bond donors (Lipinski definition) is 3. The molecule has 3 N–H and O–H groups in total. The average molecular weight is 305 g/mol. The Bertz CT molecular complexity index is 544. The van der Waals surface area contributed by atoms with E-state index < -0.39 is 0 Å². The van der Waals surface area contributed by atoms with Crippen LogP contribution in [0.15, 0.2) is 0 Å². The maximum absolute atomic E-state index is 12.0. The zero-order chi connectivity index (χ0) is 15.5. The first-order valence-corrected chi connectivity index (χ1v) is 8.08. The fraction of sp³-hybridized carbons (Fsp3) is 0.733. The largest absolute Gasteiger partial charge is 0.353 e.